The van der Waals surface area contributed by atoms with Gasteiger partial charge < -0.3 is 5.32 Å². The number of nitrogens with one attached hydrogen (secondary N) is 1. The van der Waals surface area contributed by atoms with E-state index in [9.17, 15) is 13.2 Å². The van der Waals surface area contributed by atoms with Crippen molar-refractivity contribution in [2.24, 2.45) is 0 Å². The Labute approximate surface area is 128 Å². The Balaban J connectivity index is 1.85. The van der Waals surface area contributed by atoms with Gasteiger partial charge in [0, 0.05) is 9.92 Å². The summed E-state index contributed by atoms with van der Waals surface area (Å²) in [6, 6.07) is 7.24. The SMILES string of the molecule is C[C@]1(NC(=O)CSc2ccc(Cl)cc2)CCS(=O)(=O)C1. The minimum Gasteiger partial charge on any atom is -0.349 e. The molecule has 110 valence electrons. The number of hydrogen-bond acceptors (Lipinski definition) is 4. The standard InChI is InChI=1S/C13H16ClNO3S2/c1-13(6-7-20(17,18)9-13)15-12(16)8-19-11-4-2-10(14)3-5-11/h2-5H,6-9H2,1H3,(H,15,16)/t13-/m0/s1. The zero-order valence-corrected chi connectivity index (χ0v) is 13.4. The molecular weight excluding hydrogens is 318 g/mol. The van der Waals surface area contributed by atoms with Gasteiger partial charge in [-0.05, 0) is 37.6 Å². The van der Waals surface area contributed by atoms with Gasteiger partial charge >= 0.3 is 0 Å². The average molecular weight is 334 g/mol. The van der Waals surface area contributed by atoms with Crippen molar-refractivity contribution in [2.45, 2.75) is 23.8 Å². The summed E-state index contributed by atoms with van der Waals surface area (Å²) in [4.78, 5) is 12.9. The summed E-state index contributed by atoms with van der Waals surface area (Å²) in [6.45, 7) is 1.78. The van der Waals surface area contributed by atoms with Crippen molar-refractivity contribution in [1.82, 2.24) is 5.32 Å². The number of benzene rings is 1. The molecule has 1 amide bonds. The number of rotatable bonds is 4. The Morgan fingerprint density at radius 2 is 2.05 bits per heavy atom. The van der Waals surface area contributed by atoms with Crippen LogP contribution in [0.15, 0.2) is 29.2 Å². The van der Waals surface area contributed by atoms with E-state index in [1.165, 1.54) is 11.8 Å². The van der Waals surface area contributed by atoms with Gasteiger partial charge in [-0.15, -0.1) is 11.8 Å². The summed E-state index contributed by atoms with van der Waals surface area (Å²) in [5.41, 5.74) is -0.628. The molecular formula is C13H16ClNO3S2. The molecule has 0 unspecified atom stereocenters. The fraction of sp³-hybridized carbons (Fsp3) is 0.462. The maximum Gasteiger partial charge on any atom is 0.230 e. The van der Waals surface area contributed by atoms with Crippen LogP contribution in [0.2, 0.25) is 5.02 Å². The average Bonchev–Trinajstić information content (AvgIpc) is 2.62. The Morgan fingerprint density at radius 1 is 1.40 bits per heavy atom. The molecule has 1 N–H and O–H groups in total. The summed E-state index contributed by atoms with van der Waals surface area (Å²) in [6.07, 6.45) is 0.479. The van der Waals surface area contributed by atoms with Crippen LogP contribution in [0.5, 0.6) is 0 Å². The normalized spacial score (nSPS) is 24.5. The van der Waals surface area contributed by atoms with E-state index in [2.05, 4.69) is 5.32 Å². The highest BCUT2D eigenvalue weighted by atomic mass is 35.5. The Morgan fingerprint density at radius 3 is 2.60 bits per heavy atom. The second kappa shape index (κ2) is 5.95. The third-order valence-corrected chi connectivity index (χ3v) is 6.30. The third kappa shape index (κ3) is 4.40. The number of amides is 1. The smallest absolute Gasteiger partial charge is 0.230 e. The molecule has 1 aliphatic heterocycles. The van der Waals surface area contributed by atoms with Crippen LogP contribution >= 0.6 is 23.4 Å². The van der Waals surface area contributed by atoms with Gasteiger partial charge in [-0.3, -0.25) is 4.79 Å². The molecule has 1 aromatic carbocycles. The number of hydrogen-bond donors (Lipinski definition) is 1. The molecule has 1 saturated heterocycles. The lowest BCUT2D eigenvalue weighted by molar-refractivity contribution is -0.120. The zero-order valence-electron chi connectivity index (χ0n) is 11.1. The van der Waals surface area contributed by atoms with Crippen LogP contribution in [0.3, 0.4) is 0 Å². The number of thioether (sulfide) groups is 1. The Hall–Kier alpha value is -0.720. The lowest BCUT2D eigenvalue weighted by Gasteiger charge is -2.23. The second-order valence-electron chi connectivity index (χ2n) is 5.19. The van der Waals surface area contributed by atoms with E-state index in [-0.39, 0.29) is 23.2 Å². The maximum absolute atomic E-state index is 11.9. The molecule has 0 aromatic heterocycles. The van der Waals surface area contributed by atoms with Crippen molar-refractivity contribution in [3.8, 4) is 0 Å². The number of halogens is 1. The van der Waals surface area contributed by atoms with Crippen molar-refractivity contribution in [2.75, 3.05) is 17.3 Å². The van der Waals surface area contributed by atoms with Gasteiger partial charge in [-0.25, -0.2) is 8.42 Å². The van der Waals surface area contributed by atoms with Crippen molar-refractivity contribution in [3.05, 3.63) is 29.3 Å². The summed E-state index contributed by atoms with van der Waals surface area (Å²) in [7, 11) is -3.01. The van der Waals surface area contributed by atoms with Gasteiger partial charge in [0.05, 0.1) is 22.8 Å². The summed E-state index contributed by atoms with van der Waals surface area (Å²) >= 11 is 7.19. The van der Waals surface area contributed by atoms with Gasteiger partial charge in [-0.2, -0.15) is 0 Å². The molecule has 0 saturated carbocycles. The predicted molar refractivity (Wildman–Crippen MR) is 82.0 cm³/mol. The number of sulfone groups is 1. The highest BCUT2D eigenvalue weighted by Crippen LogP contribution is 2.24. The minimum atomic E-state index is -3.01. The fourth-order valence-electron chi connectivity index (χ4n) is 2.16. The second-order valence-corrected chi connectivity index (χ2v) is 8.86. The molecule has 0 radical (unpaired) electrons. The first-order valence-corrected chi connectivity index (χ1v) is 9.36. The molecule has 4 nitrogen and oxygen atoms in total. The van der Waals surface area contributed by atoms with Crippen LogP contribution in [0.4, 0.5) is 0 Å². The fourth-order valence-corrected chi connectivity index (χ4v) is 5.08. The number of carbonyl (C=O) groups is 1. The van der Waals surface area contributed by atoms with Gasteiger partial charge in [-0.1, -0.05) is 11.6 Å². The van der Waals surface area contributed by atoms with Gasteiger partial charge in [0.1, 0.15) is 0 Å². The lowest BCUT2D eigenvalue weighted by atomic mass is 10.0. The maximum atomic E-state index is 11.9. The quantitative estimate of drug-likeness (QED) is 0.857. The molecule has 0 aliphatic carbocycles. The third-order valence-electron chi connectivity index (χ3n) is 3.13. The van der Waals surface area contributed by atoms with Crippen LogP contribution in [0, 0.1) is 0 Å². The van der Waals surface area contributed by atoms with Crippen LogP contribution in [0.25, 0.3) is 0 Å². The van der Waals surface area contributed by atoms with E-state index >= 15 is 0 Å². The first-order chi connectivity index (χ1) is 9.28. The van der Waals surface area contributed by atoms with Crippen molar-refractivity contribution >= 4 is 39.1 Å². The van der Waals surface area contributed by atoms with E-state index < -0.39 is 15.4 Å². The van der Waals surface area contributed by atoms with Crippen molar-refractivity contribution in [3.63, 3.8) is 0 Å². The minimum absolute atomic E-state index is 0.0252. The van der Waals surface area contributed by atoms with Gasteiger partial charge in [0.2, 0.25) is 5.91 Å². The molecule has 0 spiro atoms. The van der Waals surface area contributed by atoms with Gasteiger partial charge in [0.25, 0.3) is 0 Å². The Kier molecular flexibility index (Phi) is 4.66. The summed E-state index contributed by atoms with van der Waals surface area (Å²) in [5, 5.41) is 3.48. The monoisotopic (exact) mass is 333 g/mol. The van der Waals surface area contributed by atoms with Crippen LogP contribution in [-0.2, 0) is 14.6 Å². The highest BCUT2D eigenvalue weighted by molar-refractivity contribution is 8.00. The first kappa shape index (κ1) is 15.7. The van der Waals surface area contributed by atoms with E-state index in [1.54, 1.807) is 19.1 Å². The van der Waals surface area contributed by atoms with Crippen molar-refractivity contribution < 1.29 is 13.2 Å². The first-order valence-electron chi connectivity index (χ1n) is 6.18. The molecule has 2 rings (SSSR count). The summed E-state index contributed by atoms with van der Waals surface area (Å²) < 4.78 is 22.9. The highest BCUT2D eigenvalue weighted by Gasteiger charge is 2.39. The largest absolute Gasteiger partial charge is 0.349 e. The van der Waals surface area contributed by atoms with Crippen molar-refractivity contribution in [1.29, 1.82) is 0 Å². The predicted octanol–water partition coefficient (Wildman–Crippen LogP) is 2.13. The van der Waals surface area contributed by atoms with E-state index in [4.69, 9.17) is 11.6 Å². The molecule has 20 heavy (non-hydrogen) atoms. The molecule has 1 aromatic rings. The summed E-state index contributed by atoms with van der Waals surface area (Å²) in [5.74, 6) is 0.285. The van der Waals surface area contributed by atoms with Crippen LogP contribution < -0.4 is 5.32 Å². The van der Waals surface area contributed by atoms with Gasteiger partial charge in [0.15, 0.2) is 9.84 Å². The molecule has 0 bridgehead atoms. The van der Waals surface area contributed by atoms with E-state index in [1.807, 2.05) is 12.1 Å². The molecule has 1 fully saturated rings. The van der Waals surface area contributed by atoms with Crippen LogP contribution in [-0.4, -0.2) is 37.1 Å². The Bertz CT molecular complexity index is 601. The zero-order chi connectivity index (χ0) is 14.8. The van der Waals surface area contributed by atoms with E-state index in [0.717, 1.165) is 4.90 Å². The van der Waals surface area contributed by atoms with Crippen LogP contribution in [0.1, 0.15) is 13.3 Å². The molecule has 7 heteroatoms. The topological polar surface area (TPSA) is 63.2 Å². The molecule has 1 aliphatic rings. The number of carbonyl (C=O) groups excluding carboxylic acids is 1. The van der Waals surface area contributed by atoms with E-state index in [0.29, 0.717) is 11.4 Å². The lowest BCUT2D eigenvalue weighted by Crippen LogP contribution is -2.47. The molecule has 1 atom stereocenters. The molecule has 1 heterocycles.